The highest BCUT2D eigenvalue weighted by molar-refractivity contribution is 7.90. The van der Waals surface area contributed by atoms with Crippen LogP contribution in [0.25, 0.3) is 55.8 Å². The van der Waals surface area contributed by atoms with E-state index in [2.05, 4.69) is 30.5 Å². The molecule has 0 saturated heterocycles. The van der Waals surface area contributed by atoms with E-state index in [1.165, 1.54) is 18.2 Å². The Kier molecular flexibility index (Phi) is 8.00. The number of nitrogens with zero attached hydrogens (tertiary/aromatic N) is 4. The number of hydrogen-bond acceptors (Lipinski definition) is 7. The minimum absolute atomic E-state index is 0.0166. The Labute approximate surface area is 269 Å². The number of aryl methyl sites for hydroxylation is 1. The summed E-state index contributed by atoms with van der Waals surface area (Å²) in [6.07, 6.45) is 11.0. The molecule has 0 atom stereocenters. The van der Waals surface area contributed by atoms with Crippen molar-refractivity contribution in [1.29, 1.82) is 0 Å². The molecular formula is C34H31F2N7O3S. The van der Waals surface area contributed by atoms with Crippen molar-refractivity contribution in [2.45, 2.75) is 38.5 Å². The molecule has 1 aliphatic carbocycles. The van der Waals surface area contributed by atoms with Crippen LogP contribution in [0.4, 0.5) is 14.5 Å². The maximum absolute atomic E-state index is 15.4. The summed E-state index contributed by atoms with van der Waals surface area (Å²) >= 11 is 0. The average molecular weight is 656 g/mol. The largest absolute Gasteiger partial charge is 0.337 e. The molecule has 4 aromatic heterocycles. The van der Waals surface area contributed by atoms with Gasteiger partial charge in [-0.25, -0.2) is 22.2 Å². The second kappa shape index (κ2) is 12.3. The number of carbonyl (C=O) groups is 1. The zero-order valence-corrected chi connectivity index (χ0v) is 26.3. The number of hydrogen-bond donors (Lipinski definition) is 3. The minimum Gasteiger partial charge on any atom is -0.337 e. The van der Waals surface area contributed by atoms with Gasteiger partial charge in [0, 0.05) is 41.1 Å². The lowest BCUT2D eigenvalue weighted by Crippen LogP contribution is -2.24. The maximum Gasteiger partial charge on any atom is 0.227 e. The summed E-state index contributed by atoms with van der Waals surface area (Å²) in [5.74, 6) is -0.844. The molecule has 47 heavy (non-hydrogen) atoms. The quantitative estimate of drug-likeness (QED) is 0.167. The van der Waals surface area contributed by atoms with Crippen LogP contribution in [0.3, 0.4) is 0 Å². The van der Waals surface area contributed by atoms with E-state index in [0.717, 1.165) is 38.4 Å². The van der Waals surface area contributed by atoms with Crippen LogP contribution in [0.1, 0.15) is 37.7 Å². The number of fused-ring (bicyclic) bond motifs is 2. The predicted octanol–water partition coefficient (Wildman–Crippen LogP) is 6.61. The van der Waals surface area contributed by atoms with E-state index in [0.29, 0.717) is 61.6 Å². The van der Waals surface area contributed by atoms with Crippen LogP contribution in [0, 0.1) is 17.6 Å². The third-order valence-electron chi connectivity index (χ3n) is 8.56. The van der Waals surface area contributed by atoms with Crippen molar-refractivity contribution in [3.8, 4) is 33.9 Å². The molecule has 7 rings (SSSR count). The number of H-pyrrole nitrogens is 2. The van der Waals surface area contributed by atoms with E-state index in [1.807, 2.05) is 0 Å². The summed E-state index contributed by atoms with van der Waals surface area (Å²) < 4.78 is 53.5. The molecule has 0 aliphatic heterocycles. The van der Waals surface area contributed by atoms with Crippen LogP contribution in [0.2, 0.25) is 0 Å². The van der Waals surface area contributed by atoms with Gasteiger partial charge in [0.25, 0.3) is 0 Å². The van der Waals surface area contributed by atoms with Gasteiger partial charge < -0.3 is 10.3 Å². The van der Waals surface area contributed by atoms with Gasteiger partial charge in [0.2, 0.25) is 5.91 Å². The fraction of sp³-hybridized carbons (Fsp3) is 0.265. The summed E-state index contributed by atoms with van der Waals surface area (Å²) in [5, 5.41) is 10.6. The van der Waals surface area contributed by atoms with Gasteiger partial charge in [-0.3, -0.25) is 19.9 Å². The highest BCUT2D eigenvalue weighted by Crippen LogP contribution is 2.35. The number of aromatic amines is 2. The first-order chi connectivity index (χ1) is 22.6. The Morgan fingerprint density at radius 1 is 0.979 bits per heavy atom. The monoisotopic (exact) mass is 655 g/mol. The Bertz CT molecular complexity index is 2260. The van der Waals surface area contributed by atoms with E-state index < -0.39 is 21.5 Å². The Hall–Kier alpha value is -5.04. The van der Waals surface area contributed by atoms with Crippen molar-refractivity contribution < 1.29 is 22.0 Å². The van der Waals surface area contributed by atoms with Crippen LogP contribution in [-0.2, 0) is 21.1 Å². The number of anilines is 1. The van der Waals surface area contributed by atoms with Gasteiger partial charge in [-0.2, -0.15) is 5.10 Å². The van der Waals surface area contributed by atoms with E-state index >= 15 is 4.39 Å². The third-order valence-corrected chi connectivity index (χ3v) is 9.50. The summed E-state index contributed by atoms with van der Waals surface area (Å²) in [6.45, 7) is 0. The molecule has 0 unspecified atom stereocenters. The lowest BCUT2D eigenvalue weighted by atomic mass is 9.88. The van der Waals surface area contributed by atoms with Gasteiger partial charge in [-0.1, -0.05) is 19.3 Å². The summed E-state index contributed by atoms with van der Waals surface area (Å²) in [4.78, 5) is 29.6. The molecule has 0 bridgehead atoms. The van der Waals surface area contributed by atoms with Gasteiger partial charge in [0.05, 0.1) is 28.8 Å². The number of imidazole rings is 1. The standard InChI is InChI=1S/C34H31F2N7O3S/c1-47(45,46)10-8-19-11-22(13-24(35)12-19)29-32-28(7-9-38-29)40-33(41-32)31-26-15-21(16-27(36)30(26)42-43-31)23-14-25(18-37-17-23)39-34(44)20-5-3-2-4-6-20/h7,9,11-18,20H,2-6,8,10H2,1H3,(H,39,44)(H,40,41)(H,42,43). The van der Waals surface area contributed by atoms with Crippen LogP contribution < -0.4 is 5.32 Å². The fourth-order valence-corrected chi connectivity index (χ4v) is 6.80. The maximum atomic E-state index is 15.4. The lowest BCUT2D eigenvalue weighted by molar-refractivity contribution is -0.120. The van der Waals surface area contributed by atoms with Gasteiger partial charge in [0.1, 0.15) is 32.4 Å². The molecule has 1 fully saturated rings. The van der Waals surface area contributed by atoms with Crippen LogP contribution in [-0.4, -0.2) is 56.5 Å². The van der Waals surface area contributed by atoms with E-state index in [1.54, 1.807) is 42.9 Å². The third kappa shape index (κ3) is 6.48. The normalized spacial score (nSPS) is 14.2. The molecule has 6 aromatic rings. The summed E-state index contributed by atoms with van der Waals surface area (Å²) in [6, 6.07) is 11.0. The van der Waals surface area contributed by atoms with E-state index in [-0.39, 0.29) is 29.5 Å². The zero-order valence-electron chi connectivity index (χ0n) is 25.5. The average Bonchev–Trinajstić information content (AvgIpc) is 3.68. The first-order valence-corrected chi connectivity index (χ1v) is 17.4. The van der Waals surface area contributed by atoms with E-state index in [9.17, 15) is 17.6 Å². The number of rotatable bonds is 8. The SMILES string of the molecule is CS(=O)(=O)CCc1cc(F)cc(-c2nccc3[nH]c(-c4[nH]nc5c(F)cc(-c6cncc(NC(=O)C7CCCCC7)c6)cc45)nc23)c1. The molecule has 1 saturated carbocycles. The number of aromatic nitrogens is 6. The lowest BCUT2D eigenvalue weighted by Gasteiger charge is -2.20. The molecule has 240 valence electrons. The second-order valence-corrected chi connectivity index (χ2v) is 14.4. The fourth-order valence-electron chi connectivity index (χ4n) is 6.20. The molecule has 10 nitrogen and oxygen atoms in total. The number of benzene rings is 2. The van der Waals surface area contributed by atoms with Crippen LogP contribution in [0.5, 0.6) is 0 Å². The predicted molar refractivity (Wildman–Crippen MR) is 176 cm³/mol. The van der Waals surface area contributed by atoms with Crippen molar-refractivity contribution in [3.63, 3.8) is 0 Å². The first-order valence-electron chi connectivity index (χ1n) is 15.4. The van der Waals surface area contributed by atoms with Crippen molar-refractivity contribution >= 4 is 43.4 Å². The molecule has 1 aliphatic rings. The second-order valence-electron chi connectivity index (χ2n) is 12.1. The number of carbonyl (C=O) groups excluding carboxylic acids is 1. The number of nitrogens with one attached hydrogen (secondary N) is 3. The van der Waals surface area contributed by atoms with Gasteiger partial charge in [0.15, 0.2) is 11.6 Å². The molecule has 1 amide bonds. The Balaban J connectivity index is 1.23. The van der Waals surface area contributed by atoms with Crippen molar-refractivity contribution in [2.24, 2.45) is 5.92 Å². The van der Waals surface area contributed by atoms with Crippen molar-refractivity contribution in [1.82, 2.24) is 30.1 Å². The highest BCUT2D eigenvalue weighted by Gasteiger charge is 2.22. The number of sulfone groups is 1. The van der Waals surface area contributed by atoms with Crippen molar-refractivity contribution in [3.05, 3.63) is 78.3 Å². The van der Waals surface area contributed by atoms with Crippen LogP contribution >= 0.6 is 0 Å². The summed E-state index contributed by atoms with van der Waals surface area (Å²) in [7, 11) is -3.23. The van der Waals surface area contributed by atoms with Crippen molar-refractivity contribution in [2.75, 3.05) is 17.3 Å². The number of amides is 1. The topological polar surface area (TPSA) is 146 Å². The van der Waals surface area contributed by atoms with Crippen LogP contribution in [0.15, 0.2) is 61.1 Å². The van der Waals surface area contributed by atoms with E-state index in [4.69, 9.17) is 4.98 Å². The molecule has 2 aromatic carbocycles. The minimum atomic E-state index is -3.23. The first kappa shape index (κ1) is 30.6. The molecule has 0 spiro atoms. The molecule has 13 heteroatoms. The molecular weight excluding hydrogens is 624 g/mol. The highest BCUT2D eigenvalue weighted by atomic mass is 32.2. The van der Waals surface area contributed by atoms with Gasteiger partial charge >= 0.3 is 0 Å². The molecule has 0 radical (unpaired) electrons. The van der Waals surface area contributed by atoms with Gasteiger partial charge in [-0.15, -0.1) is 0 Å². The van der Waals surface area contributed by atoms with Gasteiger partial charge in [-0.05, 0) is 72.9 Å². The molecule has 3 N–H and O–H groups in total. The Morgan fingerprint density at radius 3 is 2.62 bits per heavy atom. The summed E-state index contributed by atoms with van der Waals surface area (Å²) in [5.41, 5.74) is 4.69. The number of halogens is 2. The molecule has 4 heterocycles. The number of pyridine rings is 2. The smallest absolute Gasteiger partial charge is 0.227 e. The Morgan fingerprint density at radius 2 is 1.81 bits per heavy atom. The zero-order chi connectivity index (χ0) is 32.7.